The molecular weight excluding hydrogens is 266 g/mol. The van der Waals surface area contributed by atoms with Crippen LogP contribution in [-0.2, 0) is 0 Å². The van der Waals surface area contributed by atoms with E-state index in [-0.39, 0.29) is 0 Å². The van der Waals surface area contributed by atoms with Gasteiger partial charge < -0.3 is 0 Å². The molecule has 2 unspecified atom stereocenters. The molecule has 72 valence electrons. The van der Waals surface area contributed by atoms with Crippen molar-refractivity contribution in [2.75, 3.05) is 0 Å². The zero-order chi connectivity index (χ0) is 9.03. The maximum Gasteiger partial charge on any atom is 0.161 e. The summed E-state index contributed by atoms with van der Waals surface area (Å²) >= 11 is 2.00. The van der Waals surface area contributed by atoms with Crippen LogP contribution in [0, 0.1) is 5.92 Å². The van der Waals surface area contributed by atoms with Crippen LogP contribution in [0.2, 0.25) is 0 Å². The first-order valence-corrected chi connectivity index (χ1v) is 6.06. The summed E-state index contributed by atoms with van der Waals surface area (Å²) in [5, 5.41) is 0. The van der Waals surface area contributed by atoms with Crippen LogP contribution >= 0.6 is 22.6 Å². The Labute approximate surface area is 88.4 Å². The van der Waals surface area contributed by atoms with E-state index in [0.29, 0.717) is 5.92 Å². The van der Waals surface area contributed by atoms with Gasteiger partial charge in [-0.2, -0.15) is 0 Å². The lowest BCUT2D eigenvalue weighted by Crippen LogP contribution is -2.16. The first-order chi connectivity index (χ1) is 5.60. The van der Waals surface area contributed by atoms with Crippen molar-refractivity contribution in [1.82, 2.24) is 0 Å². The van der Waals surface area contributed by atoms with E-state index in [1.165, 1.54) is 25.7 Å². The largest absolute Gasteiger partial charge is 0.232 e. The van der Waals surface area contributed by atoms with Crippen LogP contribution in [-0.4, -0.2) is 3.68 Å². The summed E-state index contributed by atoms with van der Waals surface area (Å²) < 4.78 is 12.8. The van der Waals surface area contributed by atoms with Gasteiger partial charge in [0.1, 0.15) is 0 Å². The van der Waals surface area contributed by atoms with Crippen molar-refractivity contribution >= 4 is 22.6 Å². The molecule has 0 heterocycles. The Kier molecular flexibility index (Phi) is 4.27. The number of halogens is 2. The molecule has 0 bridgehead atoms. The Morgan fingerprint density at radius 3 is 2.67 bits per heavy atom. The molecule has 0 radical (unpaired) electrons. The van der Waals surface area contributed by atoms with Gasteiger partial charge in [-0.25, -0.2) is 4.39 Å². The van der Waals surface area contributed by atoms with Crippen LogP contribution in [0.1, 0.15) is 51.9 Å². The topological polar surface area (TPSA) is 0 Å². The summed E-state index contributed by atoms with van der Waals surface area (Å²) in [6.45, 7) is 2.18. The second kappa shape index (κ2) is 4.77. The molecule has 1 saturated carbocycles. The predicted molar refractivity (Wildman–Crippen MR) is 59.3 cm³/mol. The Morgan fingerprint density at radius 1 is 1.25 bits per heavy atom. The minimum absolute atomic E-state index is 0.574. The average Bonchev–Trinajstić information content (AvgIpc) is 1.99. The van der Waals surface area contributed by atoms with E-state index in [1.807, 2.05) is 22.6 Å². The molecule has 1 aliphatic rings. The minimum atomic E-state index is -0.915. The van der Waals surface area contributed by atoms with Crippen LogP contribution in [0.5, 0.6) is 0 Å². The smallest absolute Gasteiger partial charge is 0.161 e. The second-order valence-corrected chi connectivity index (χ2v) is 6.05. The molecule has 1 fully saturated rings. The van der Waals surface area contributed by atoms with Gasteiger partial charge in [0.15, 0.2) is 3.68 Å². The molecule has 0 aromatic carbocycles. The normalized spacial score (nSPS) is 39.8. The molecule has 0 saturated heterocycles. The van der Waals surface area contributed by atoms with Gasteiger partial charge in [0.2, 0.25) is 0 Å². The van der Waals surface area contributed by atoms with E-state index >= 15 is 0 Å². The summed E-state index contributed by atoms with van der Waals surface area (Å²) in [4.78, 5) is 0. The SMILES string of the molecule is CC1CCCCCCC(F)(I)C1. The maximum absolute atomic E-state index is 13.7. The monoisotopic (exact) mass is 284 g/mol. The highest BCUT2D eigenvalue weighted by molar-refractivity contribution is 14.1. The standard InChI is InChI=1S/C10H18FI/c1-9-6-4-2-3-5-7-10(11,12)8-9/h9H,2-8H2,1H3. The zero-order valence-corrected chi connectivity index (χ0v) is 9.94. The molecule has 12 heavy (non-hydrogen) atoms. The van der Waals surface area contributed by atoms with Gasteiger partial charge in [0, 0.05) is 0 Å². The van der Waals surface area contributed by atoms with E-state index in [9.17, 15) is 4.39 Å². The van der Waals surface area contributed by atoms with Crippen molar-refractivity contribution in [1.29, 1.82) is 0 Å². The summed E-state index contributed by atoms with van der Waals surface area (Å²) in [7, 11) is 0. The van der Waals surface area contributed by atoms with Crippen molar-refractivity contribution < 1.29 is 4.39 Å². The average molecular weight is 284 g/mol. The van der Waals surface area contributed by atoms with E-state index in [0.717, 1.165) is 19.3 Å². The van der Waals surface area contributed by atoms with Crippen molar-refractivity contribution in [3.63, 3.8) is 0 Å². The lowest BCUT2D eigenvalue weighted by molar-refractivity contribution is 0.237. The van der Waals surface area contributed by atoms with Crippen LogP contribution in [0.4, 0.5) is 4.39 Å². The molecule has 0 aromatic rings. The maximum atomic E-state index is 13.7. The van der Waals surface area contributed by atoms with Gasteiger partial charge in [-0.15, -0.1) is 0 Å². The lowest BCUT2D eigenvalue weighted by Gasteiger charge is -2.20. The number of hydrogen-bond donors (Lipinski definition) is 0. The quantitative estimate of drug-likeness (QED) is 0.455. The summed E-state index contributed by atoms with van der Waals surface area (Å²) in [6.07, 6.45) is 7.64. The molecule has 2 heteroatoms. The molecule has 0 amide bonds. The van der Waals surface area contributed by atoms with Crippen molar-refractivity contribution in [3.05, 3.63) is 0 Å². The van der Waals surface area contributed by atoms with Gasteiger partial charge in [0.05, 0.1) is 0 Å². The van der Waals surface area contributed by atoms with Crippen LogP contribution < -0.4 is 0 Å². The highest BCUT2D eigenvalue weighted by Crippen LogP contribution is 2.37. The molecule has 0 nitrogen and oxygen atoms in total. The Hall–Kier alpha value is 0.660. The third-order valence-corrected chi connectivity index (χ3v) is 3.62. The first kappa shape index (κ1) is 10.7. The number of hydrogen-bond acceptors (Lipinski definition) is 0. The van der Waals surface area contributed by atoms with Gasteiger partial charge in [-0.1, -0.05) is 32.6 Å². The zero-order valence-electron chi connectivity index (χ0n) is 7.78. The highest BCUT2D eigenvalue weighted by atomic mass is 127. The molecule has 1 aliphatic carbocycles. The fourth-order valence-electron chi connectivity index (χ4n) is 1.94. The van der Waals surface area contributed by atoms with Crippen LogP contribution in [0.15, 0.2) is 0 Å². The predicted octanol–water partition coefficient (Wildman–Crippen LogP) is 4.47. The molecule has 0 N–H and O–H groups in total. The van der Waals surface area contributed by atoms with Gasteiger partial charge in [-0.3, -0.25) is 0 Å². The van der Waals surface area contributed by atoms with Crippen molar-refractivity contribution in [2.45, 2.75) is 55.5 Å². The number of rotatable bonds is 0. The Bertz CT molecular complexity index is 134. The highest BCUT2D eigenvalue weighted by Gasteiger charge is 2.27. The van der Waals surface area contributed by atoms with Gasteiger partial charge >= 0.3 is 0 Å². The van der Waals surface area contributed by atoms with E-state index < -0.39 is 3.68 Å². The minimum Gasteiger partial charge on any atom is -0.232 e. The van der Waals surface area contributed by atoms with Crippen molar-refractivity contribution in [2.24, 2.45) is 5.92 Å². The summed E-state index contributed by atoms with van der Waals surface area (Å²) in [6, 6.07) is 0. The van der Waals surface area contributed by atoms with Crippen LogP contribution in [0.25, 0.3) is 0 Å². The molecule has 0 spiro atoms. The molecule has 0 aromatic heterocycles. The third-order valence-electron chi connectivity index (χ3n) is 2.64. The number of alkyl halides is 2. The molecular formula is C10H18FI. The fraction of sp³-hybridized carbons (Fsp3) is 1.00. The molecule has 2 atom stereocenters. The molecule has 0 aliphatic heterocycles. The van der Waals surface area contributed by atoms with Gasteiger partial charge in [0.25, 0.3) is 0 Å². The molecule has 1 rings (SSSR count). The summed E-state index contributed by atoms with van der Waals surface area (Å²) in [5.74, 6) is 0.574. The Morgan fingerprint density at radius 2 is 1.92 bits per heavy atom. The van der Waals surface area contributed by atoms with E-state index in [1.54, 1.807) is 0 Å². The third kappa shape index (κ3) is 4.06. The fourth-order valence-corrected chi connectivity index (χ4v) is 3.08. The van der Waals surface area contributed by atoms with E-state index in [4.69, 9.17) is 0 Å². The first-order valence-electron chi connectivity index (χ1n) is 4.98. The van der Waals surface area contributed by atoms with Crippen molar-refractivity contribution in [3.8, 4) is 0 Å². The lowest BCUT2D eigenvalue weighted by atomic mass is 9.98. The second-order valence-electron chi connectivity index (χ2n) is 4.12. The summed E-state index contributed by atoms with van der Waals surface area (Å²) in [5.41, 5.74) is 0. The van der Waals surface area contributed by atoms with Gasteiger partial charge in [-0.05, 0) is 47.8 Å². The Balaban J connectivity index is 2.44. The van der Waals surface area contributed by atoms with Crippen LogP contribution in [0.3, 0.4) is 0 Å². The van der Waals surface area contributed by atoms with E-state index in [2.05, 4.69) is 6.92 Å².